The van der Waals surface area contributed by atoms with Gasteiger partial charge >= 0.3 is 0 Å². The van der Waals surface area contributed by atoms with Crippen LogP contribution in [0.5, 0.6) is 0 Å². The second kappa shape index (κ2) is 6.36. The van der Waals surface area contributed by atoms with Crippen molar-refractivity contribution in [1.82, 2.24) is 0 Å². The lowest BCUT2D eigenvalue weighted by atomic mass is 10.1. The summed E-state index contributed by atoms with van der Waals surface area (Å²) < 4.78 is 0.872. The molecule has 0 saturated heterocycles. The number of rotatable bonds is 3. The molecule has 1 unspecified atom stereocenters. The van der Waals surface area contributed by atoms with Crippen LogP contribution in [0.2, 0.25) is 15.1 Å². The van der Waals surface area contributed by atoms with E-state index in [4.69, 9.17) is 34.8 Å². The van der Waals surface area contributed by atoms with Gasteiger partial charge in [0.2, 0.25) is 0 Å². The molecule has 0 aliphatic rings. The zero-order valence-corrected chi connectivity index (χ0v) is 13.9. The summed E-state index contributed by atoms with van der Waals surface area (Å²) in [6.07, 6.45) is 0. The molecule has 2 rings (SSSR count). The zero-order valence-electron chi connectivity index (χ0n) is 10.1. The highest BCUT2D eigenvalue weighted by Crippen LogP contribution is 2.30. The van der Waals surface area contributed by atoms with E-state index in [1.54, 1.807) is 6.07 Å². The maximum Gasteiger partial charge on any atom is 0.0568 e. The molecule has 0 aliphatic heterocycles. The van der Waals surface area contributed by atoms with Gasteiger partial charge in [0.05, 0.1) is 5.02 Å². The molecule has 2 aromatic carbocycles. The van der Waals surface area contributed by atoms with Crippen molar-refractivity contribution in [1.29, 1.82) is 0 Å². The van der Waals surface area contributed by atoms with Gasteiger partial charge in [0, 0.05) is 26.2 Å². The second-order valence-corrected chi connectivity index (χ2v) is 6.27. The van der Waals surface area contributed by atoms with E-state index in [1.165, 1.54) is 0 Å². The molecule has 0 bridgehead atoms. The highest BCUT2D eigenvalue weighted by molar-refractivity contribution is 9.10. The predicted molar refractivity (Wildman–Crippen MR) is 87.7 cm³/mol. The summed E-state index contributed by atoms with van der Waals surface area (Å²) in [5, 5.41) is 5.30. The Hall–Kier alpha value is -0.410. The van der Waals surface area contributed by atoms with E-state index in [9.17, 15) is 0 Å². The van der Waals surface area contributed by atoms with Crippen molar-refractivity contribution in [3.05, 3.63) is 61.5 Å². The van der Waals surface area contributed by atoms with Crippen LogP contribution in [0.15, 0.2) is 40.9 Å². The maximum absolute atomic E-state index is 6.19. The summed E-state index contributed by atoms with van der Waals surface area (Å²) in [4.78, 5) is 0. The Kier molecular flexibility index (Phi) is 5.02. The first-order valence-electron chi connectivity index (χ1n) is 5.64. The van der Waals surface area contributed by atoms with Gasteiger partial charge in [-0.3, -0.25) is 0 Å². The number of hydrogen-bond donors (Lipinski definition) is 1. The van der Waals surface area contributed by atoms with Crippen molar-refractivity contribution in [2.24, 2.45) is 0 Å². The van der Waals surface area contributed by atoms with E-state index < -0.39 is 0 Å². The normalized spacial score (nSPS) is 12.3. The van der Waals surface area contributed by atoms with Crippen molar-refractivity contribution in [3.8, 4) is 0 Å². The van der Waals surface area contributed by atoms with E-state index in [2.05, 4.69) is 21.2 Å². The lowest BCUT2D eigenvalue weighted by molar-refractivity contribution is 0.885. The molecule has 0 heterocycles. The molecule has 0 amide bonds. The molecule has 0 aliphatic carbocycles. The predicted octanol–water partition coefficient (Wildman–Crippen LogP) is 6.58. The van der Waals surface area contributed by atoms with Crippen LogP contribution in [0.3, 0.4) is 0 Å². The highest BCUT2D eigenvalue weighted by atomic mass is 79.9. The van der Waals surface area contributed by atoms with Gasteiger partial charge in [-0.1, -0.05) is 40.9 Å². The third kappa shape index (κ3) is 3.79. The molecule has 0 radical (unpaired) electrons. The van der Waals surface area contributed by atoms with Gasteiger partial charge in [-0.05, 0) is 58.7 Å². The fourth-order valence-corrected chi connectivity index (χ4v) is 2.77. The minimum atomic E-state index is 0.0574. The minimum Gasteiger partial charge on any atom is -0.378 e. The molecule has 1 nitrogen and oxygen atoms in total. The van der Waals surface area contributed by atoms with E-state index in [0.717, 1.165) is 15.7 Å². The Morgan fingerprint density at radius 3 is 2.37 bits per heavy atom. The van der Waals surface area contributed by atoms with Crippen LogP contribution in [-0.4, -0.2) is 0 Å². The Balaban J connectivity index is 2.20. The standard InChI is InChI=1S/C14H11BrCl3N/c1-8(11-4-2-9(16)6-13(11)17)19-10-3-5-12(15)14(18)7-10/h2-8,19H,1H3. The van der Waals surface area contributed by atoms with Crippen LogP contribution in [-0.2, 0) is 0 Å². The fraction of sp³-hybridized carbons (Fsp3) is 0.143. The molecule has 1 N–H and O–H groups in total. The quantitative estimate of drug-likeness (QED) is 0.635. The fourth-order valence-electron chi connectivity index (χ4n) is 1.77. The van der Waals surface area contributed by atoms with E-state index >= 15 is 0 Å². The maximum atomic E-state index is 6.19. The summed E-state index contributed by atoms with van der Waals surface area (Å²) in [6.45, 7) is 2.03. The first kappa shape index (κ1) is 15.0. The largest absolute Gasteiger partial charge is 0.378 e. The molecule has 100 valence electrons. The number of halogens is 4. The zero-order chi connectivity index (χ0) is 14.0. The van der Waals surface area contributed by atoms with Crippen LogP contribution < -0.4 is 5.32 Å². The Labute approximate surface area is 136 Å². The van der Waals surface area contributed by atoms with Gasteiger partial charge in [0.25, 0.3) is 0 Å². The van der Waals surface area contributed by atoms with Crippen LogP contribution in [0, 0.1) is 0 Å². The average molecular weight is 380 g/mol. The molecule has 1 atom stereocenters. The van der Waals surface area contributed by atoms with Gasteiger partial charge in [0.15, 0.2) is 0 Å². The second-order valence-electron chi connectivity index (χ2n) is 4.16. The van der Waals surface area contributed by atoms with Crippen molar-refractivity contribution in [2.45, 2.75) is 13.0 Å². The van der Waals surface area contributed by atoms with E-state index in [0.29, 0.717) is 15.1 Å². The van der Waals surface area contributed by atoms with E-state index in [1.807, 2.05) is 37.3 Å². The van der Waals surface area contributed by atoms with Gasteiger partial charge in [-0.25, -0.2) is 0 Å². The number of hydrogen-bond acceptors (Lipinski definition) is 1. The van der Waals surface area contributed by atoms with Crippen LogP contribution in [0.1, 0.15) is 18.5 Å². The van der Waals surface area contributed by atoms with Gasteiger partial charge in [-0.2, -0.15) is 0 Å². The number of anilines is 1. The highest BCUT2D eigenvalue weighted by Gasteiger charge is 2.10. The van der Waals surface area contributed by atoms with Gasteiger partial charge in [0.1, 0.15) is 0 Å². The van der Waals surface area contributed by atoms with Gasteiger partial charge < -0.3 is 5.32 Å². The molecule has 0 saturated carbocycles. The summed E-state index contributed by atoms with van der Waals surface area (Å²) in [5.41, 5.74) is 1.93. The summed E-state index contributed by atoms with van der Waals surface area (Å²) in [6, 6.07) is 11.3. The first-order chi connectivity index (χ1) is 8.97. The van der Waals surface area contributed by atoms with Crippen molar-refractivity contribution in [3.63, 3.8) is 0 Å². The van der Waals surface area contributed by atoms with Gasteiger partial charge in [-0.15, -0.1) is 0 Å². The van der Waals surface area contributed by atoms with E-state index in [-0.39, 0.29) is 6.04 Å². The molecule has 0 fully saturated rings. The lowest BCUT2D eigenvalue weighted by Gasteiger charge is -2.17. The van der Waals surface area contributed by atoms with Crippen LogP contribution >= 0.6 is 50.7 Å². The SMILES string of the molecule is CC(Nc1ccc(Br)c(Cl)c1)c1ccc(Cl)cc1Cl. The lowest BCUT2D eigenvalue weighted by Crippen LogP contribution is -2.07. The van der Waals surface area contributed by atoms with Crippen LogP contribution in [0.25, 0.3) is 0 Å². The molecule has 0 spiro atoms. The van der Waals surface area contributed by atoms with Crippen molar-refractivity contribution < 1.29 is 0 Å². The Morgan fingerprint density at radius 1 is 1.00 bits per heavy atom. The van der Waals surface area contributed by atoms with Crippen LogP contribution in [0.4, 0.5) is 5.69 Å². The molecule has 0 aromatic heterocycles. The summed E-state index contributed by atoms with van der Waals surface area (Å²) >= 11 is 21.5. The Morgan fingerprint density at radius 2 is 1.74 bits per heavy atom. The third-order valence-corrected chi connectivity index (χ3v) is 4.53. The summed E-state index contributed by atoms with van der Waals surface area (Å²) in [5.74, 6) is 0. The topological polar surface area (TPSA) is 12.0 Å². The molecular weight excluding hydrogens is 368 g/mol. The molecule has 2 aromatic rings. The van der Waals surface area contributed by atoms with Crippen molar-refractivity contribution in [2.75, 3.05) is 5.32 Å². The summed E-state index contributed by atoms with van der Waals surface area (Å²) in [7, 11) is 0. The Bertz CT molecular complexity index is 601. The van der Waals surface area contributed by atoms with Crippen molar-refractivity contribution >= 4 is 56.4 Å². The first-order valence-corrected chi connectivity index (χ1v) is 7.56. The number of nitrogens with one attached hydrogen (secondary N) is 1. The smallest absolute Gasteiger partial charge is 0.0568 e. The molecular formula is C14H11BrCl3N. The monoisotopic (exact) mass is 377 g/mol. The minimum absolute atomic E-state index is 0.0574. The average Bonchev–Trinajstić information content (AvgIpc) is 2.33. The third-order valence-electron chi connectivity index (χ3n) is 2.73. The molecule has 5 heteroatoms. The number of benzene rings is 2. The molecule has 19 heavy (non-hydrogen) atoms.